The molecule has 1 aliphatic heterocycles. The van der Waals surface area contributed by atoms with Crippen molar-refractivity contribution >= 4 is 26.6 Å². The average Bonchev–Trinajstić information content (AvgIpc) is 2.94. The van der Waals surface area contributed by atoms with Gasteiger partial charge < -0.3 is 9.88 Å². The molecule has 0 spiro atoms. The minimum Gasteiger partial charge on any atom is -0.350 e. The summed E-state index contributed by atoms with van der Waals surface area (Å²) in [5.74, 6) is -0.0380. The van der Waals surface area contributed by atoms with Crippen LogP contribution >= 0.6 is 0 Å². The first-order valence-electron chi connectivity index (χ1n) is 8.60. The van der Waals surface area contributed by atoms with Gasteiger partial charge >= 0.3 is 0 Å². The molecule has 1 aliphatic rings. The minimum absolute atomic E-state index is 0.0588. The van der Waals surface area contributed by atoms with Crippen molar-refractivity contribution in [3.63, 3.8) is 0 Å². The van der Waals surface area contributed by atoms with E-state index in [9.17, 15) is 13.2 Å². The molecule has 0 unspecified atom stereocenters. The first kappa shape index (κ1) is 16.8. The molecular weight excluding hydrogens is 348 g/mol. The number of aromatic nitrogens is 1. The Bertz CT molecular complexity index is 1100. The smallest absolute Gasteiger partial charge is 0.224 e. The molecule has 1 amide bonds. The molecule has 0 radical (unpaired) electrons. The molecule has 1 aromatic heterocycles. The van der Waals surface area contributed by atoms with Crippen LogP contribution in [0.25, 0.3) is 10.9 Å². The third-order valence-corrected chi connectivity index (χ3v) is 6.79. The number of hydrogen-bond acceptors (Lipinski definition) is 3. The van der Waals surface area contributed by atoms with Gasteiger partial charge in [0.2, 0.25) is 5.91 Å². The Labute approximate surface area is 152 Å². The molecule has 2 heterocycles. The summed E-state index contributed by atoms with van der Waals surface area (Å²) >= 11 is 0. The van der Waals surface area contributed by atoms with E-state index in [0.717, 1.165) is 16.5 Å². The molecule has 26 heavy (non-hydrogen) atoms. The summed E-state index contributed by atoms with van der Waals surface area (Å²) < 4.78 is 26.5. The van der Waals surface area contributed by atoms with Crippen LogP contribution in [0.2, 0.25) is 0 Å². The molecule has 4 rings (SSSR count). The van der Waals surface area contributed by atoms with Crippen molar-refractivity contribution in [2.45, 2.75) is 23.8 Å². The fourth-order valence-corrected chi connectivity index (χ4v) is 5.35. The van der Waals surface area contributed by atoms with Crippen LogP contribution in [0.1, 0.15) is 23.6 Å². The number of hydrogen-bond donors (Lipinski definition) is 1. The number of carbonyl (C=O) groups excluding carboxylic acids is 1. The van der Waals surface area contributed by atoms with E-state index in [1.807, 2.05) is 48.1 Å². The van der Waals surface area contributed by atoms with Crippen LogP contribution in [0.4, 0.5) is 0 Å². The van der Waals surface area contributed by atoms with E-state index in [4.69, 9.17) is 0 Å². The summed E-state index contributed by atoms with van der Waals surface area (Å²) in [7, 11) is -1.29. The molecule has 134 valence electrons. The molecule has 2 aromatic carbocycles. The number of nitrogens with zero attached hydrogens (tertiary/aromatic N) is 1. The van der Waals surface area contributed by atoms with Crippen LogP contribution in [0.3, 0.4) is 0 Å². The van der Waals surface area contributed by atoms with Crippen molar-refractivity contribution in [2.75, 3.05) is 5.75 Å². The van der Waals surface area contributed by atoms with Gasteiger partial charge in [-0.1, -0.05) is 36.4 Å². The van der Waals surface area contributed by atoms with Gasteiger partial charge in [0.1, 0.15) is 0 Å². The van der Waals surface area contributed by atoms with E-state index in [1.165, 1.54) is 0 Å². The Morgan fingerprint density at radius 2 is 1.88 bits per heavy atom. The highest BCUT2D eigenvalue weighted by Gasteiger charge is 2.30. The highest BCUT2D eigenvalue weighted by molar-refractivity contribution is 7.91. The average molecular weight is 368 g/mol. The number of rotatable bonds is 3. The van der Waals surface area contributed by atoms with Crippen LogP contribution in [-0.4, -0.2) is 24.6 Å². The van der Waals surface area contributed by atoms with E-state index < -0.39 is 9.84 Å². The highest BCUT2D eigenvalue weighted by atomic mass is 32.2. The molecule has 0 saturated heterocycles. The summed E-state index contributed by atoms with van der Waals surface area (Å²) in [5, 5.41) is 4.09. The Hall–Kier alpha value is -2.60. The SMILES string of the molecule is Cn1cc(CC(=O)N[C@H]2CCS(=O)(=O)c3ccccc32)c2ccccc21. The van der Waals surface area contributed by atoms with Gasteiger partial charge in [-0.05, 0) is 29.7 Å². The summed E-state index contributed by atoms with van der Waals surface area (Å²) in [6.45, 7) is 0. The third kappa shape index (κ3) is 2.90. The number of para-hydroxylation sites is 1. The molecule has 0 fully saturated rings. The zero-order valence-corrected chi connectivity index (χ0v) is 15.3. The van der Waals surface area contributed by atoms with Crippen molar-refractivity contribution in [1.29, 1.82) is 0 Å². The van der Waals surface area contributed by atoms with Gasteiger partial charge in [-0.2, -0.15) is 0 Å². The molecular formula is C20H20N2O3S. The van der Waals surface area contributed by atoms with Crippen LogP contribution in [-0.2, 0) is 28.1 Å². The Balaban J connectivity index is 1.57. The topological polar surface area (TPSA) is 68.2 Å². The molecule has 1 N–H and O–H groups in total. The second-order valence-corrected chi connectivity index (χ2v) is 8.80. The molecule has 1 atom stereocenters. The predicted molar refractivity (Wildman–Crippen MR) is 101 cm³/mol. The third-order valence-electron chi connectivity index (χ3n) is 4.97. The lowest BCUT2D eigenvalue weighted by molar-refractivity contribution is -0.121. The van der Waals surface area contributed by atoms with Gasteiger partial charge in [0, 0.05) is 24.1 Å². The quantitative estimate of drug-likeness (QED) is 0.773. The summed E-state index contributed by atoms with van der Waals surface area (Å²) in [6.07, 6.45) is 2.65. The van der Waals surface area contributed by atoms with Crippen LogP contribution in [0, 0.1) is 0 Å². The number of carbonyl (C=O) groups is 1. The Morgan fingerprint density at radius 3 is 2.73 bits per heavy atom. The van der Waals surface area contributed by atoms with Crippen molar-refractivity contribution < 1.29 is 13.2 Å². The molecule has 3 aromatic rings. The molecule has 6 heteroatoms. The lowest BCUT2D eigenvalue weighted by Crippen LogP contribution is -2.34. The standard InChI is InChI=1S/C20H20N2O3S/c1-22-13-14(15-6-2-4-8-18(15)22)12-20(23)21-17-10-11-26(24,25)19-9-5-3-7-16(17)19/h2-9,13,17H,10-12H2,1H3,(H,21,23)/t17-/m0/s1. The van der Waals surface area contributed by atoms with Gasteiger partial charge in [-0.3, -0.25) is 4.79 Å². The zero-order chi connectivity index (χ0) is 18.3. The maximum absolute atomic E-state index is 12.6. The zero-order valence-electron chi connectivity index (χ0n) is 14.5. The van der Waals surface area contributed by atoms with E-state index in [2.05, 4.69) is 5.32 Å². The van der Waals surface area contributed by atoms with Gasteiger partial charge in [0.05, 0.1) is 23.1 Å². The van der Waals surface area contributed by atoms with Crippen molar-refractivity contribution in [3.8, 4) is 0 Å². The van der Waals surface area contributed by atoms with Crippen molar-refractivity contribution in [3.05, 3.63) is 65.9 Å². The summed E-state index contributed by atoms with van der Waals surface area (Å²) in [5.41, 5.74) is 2.74. The Kier molecular flexibility index (Phi) is 4.07. The first-order chi connectivity index (χ1) is 12.5. The lowest BCUT2D eigenvalue weighted by atomic mass is 10.0. The number of benzene rings is 2. The van der Waals surface area contributed by atoms with E-state index in [0.29, 0.717) is 16.9 Å². The van der Waals surface area contributed by atoms with Gasteiger partial charge in [-0.15, -0.1) is 0 Å². The molecule has 0 aliphatic carbocycles. The fraction of sp³-hybridized carbons (Fsp3) is 0.250. The minimum atomic E-state index is -3.25. The normalized spacial score (nSPS) is 18.4. The molecule has 5 nitrogen and oxygen atoms in total. The number of fused-ring (bicyclic) bond motifs is 2. The van der Waals surface area contributed by atoms with E-state index in [-0.39, 0.29) is 24.1 Å². The number of sulfone groups is 1. The Morgan fingerprint density at radius 1 is 1.15 bits per heavy atom. The number of aryl methyl sites for hydroxylation is 1. The van der Waals surface area contributed by atoms with Crippen molar-refractivity contribution in [2.24, 2.45) is 7.05 Å². The van der Waals surface area contributed by atoms with Gasteiger partial charge in [0.15, 0.2) is 9.84 Å². The summed E-state index contributed by atoms with van der Waals surface area (Å²) in [4.78, 5) is 13.0. The van der Waals surface area contributed by atoms with E-state index >= 15 is 0 Å². The first-order valence-corrected chi connectivity index (χ1v) is 10.2. The second kappa shape index (κ2) is 6.29. The van der Waals surface area contributed by atoms with Crippen molar-refractivity contribution in [1.82, 2.24) is 9.88 Å². The number of amides is 1. The summed E-state index contributed by atoms with van der Waals surface area (Å²) in [6, 6.07) is 14.6. The van der Waals surface area contributed by atoms with Crippen LogP contribution in [0.5, 0.6) is 0 Å². The maximum Gasteiger partial charge on any atom is 0.224 e. The molecule has 0 bridgehead atoms. The monoisotopic (exact) mass is 368 g/mol. The van der Waals surface area contributed by atoms with Gasteiger partial charge in [0.25, 0.3) is 0 Å². The maximum atomic E-state index is 12.6. The van der Waals surface area contributed by atoms with Crippen LogP contribution < -0.4 is 5.32 Å². The predicted octanol–water partition coefficient (Wildman–Crippen LogP) is 2.76. The fourth-order valence-electron chi connectivity index (χ4n) is 3.72. The number of nitrogens with one attached hydrogen (secondary N) is 1. The molecule has 0 saturated carbocycles. The van der Waals surface area contributed by atoms with Gasteiger partial charge in [-0.25, -0.2) is 8.42 Å². The largest absolute Gasteiger partial charge is 0.350 e. The highest BCUT2D eigenvalue weighted by Crippen LogP contribution is 2.32. The second-order valence-electron chi connectivity index (χ2n) is 6.72. The lowest BCUT2D eigenvalue weighted by Gasteiger charge is -2.26. The van der Waals surface area contributed by atoms with Crippen LogP contribution in [0.15, 0.2) is 59.6 Å². The van der Waals surface area contributed by atoms with E-state index in [1.54, 1.807) is 18.2 Å².